The van der Waals surface area contributed by atoms with Crippen molar-refractivity contribution >= 4 is 27.3 Å². The molecule has 0 aliphatic rings. The number of fused-ring (bicyclic) bond motifs is 1. The zero-order valence-corrected chi connectivity index (χ0v) is 19.4. The topological polar surface area (TPSA) is 51.9 Å². The maximum atomic E-state index is 13.9. The largest absolute Gasteiger partial charge is 0.497 e. The zero-order valence-electron chi connectivity index (χ0n) is 17.8. The Balaban J connectivity index is 1.81. The molecule has 10 heteroatoms. The van der Waals surface area contributed by atoms with Gasteiger partial charge in [0.05, 0.1) is 19.8 Å². The normalized spacial score (nSPS) is 11.6. The Bertz CT molecular complexity index is 1190. The van der Waals surface area contributed by atoms with Gasteiger partial charge in [0.2, 0.25) is 0 Å². The van der Waals surface area contributed by atoms with E-state index in [0.717, 1.165) is 17.2 Å². The minimum absolute atomic E-state index is 0.112. The Morgan fingerprint density at radius 1 is 0.909 bits per heavy atom. The van der Waals surface area contributed by atoms with Gasteiger partial charge in [-0.25, -0.2) is 9.50 Å². The smallest absolute Gasteiger partial charge is 0.418 e. The molecule has 2 heterocycles. The molecule has 0 amide bonds. The Morgan fingerprint density at radius 3 is 1.88 bits per heavy atom. The maximum absolute atomic E-state index is 13.9. The van der Waals surface area contributed by atoms with Crippen LogP contribution in [0.2, 0.25) is 0 Å². The zero-order chi connectivity index (χ0) is 23.6. The molecular weight excluding hydrogens is 501 g/mol. The molecule has 0 aliphatic carbocycles. The lowest BCUT2D eigenvalue weighted by atomic mass is 10.1. The van der Waals surface area contributed by atoms with Crippen molar-refractivity contribution in [3.8, 4) is 11.5 Å². The summed E-state index contributed by atoms with van der Waals surface area (Å²) in [5.41, 5.74) is 0.860. The van der Waals surface area contributed by atoms with E-state index < -0.39 is 11.7 Å². The quantitative estimate of drug-likeness (QED) is 0.311. The number of nitrogens with zero attached hydrogens (tertiary/aromatic N) is 4. The standard InChI is InChI=1S/C23H20BrF3N4O2/c1-32-17-7-3-15(4-8-17)12-30(13-16-5-9-18(33-2)10-6-16)22-21-19(23(25,26)27)11-20(24)31(21)29-14-28-22/h3-11,14H,12-13H2,1-2H3. The molecule has 0 saturated heterocycles. The van der Waals surface area contributed by atoms with Crippen LogP contribution in [-0.2, 0) is 19.3 Å². The molecule has 0 radical (unpaired) electrons. The summed E-state index contributed by atoms with van der Waals surface area (Å²) in [5, 5.41) is 4.02. The van der Waals surface area contributed by atoms with Crippen molar-refractivity contribution in [1.29, 1.82) is 0 Å². The first-order valence-corrected chi connectivity index (χ1v) is 10.7. The summed E-state index contributed by atoms with van der Waals surface area (Å²) in [6, 6.07) is 15.8. The second-order valence-corrected chi connectivity index (χ2v) is 8.09. The van der Waals surface area contributed by atoms with Crippen LogP contribution in [-0.4, -0.2) is 28.8 Å². The van der Waals surface area contributed by atoms with Crippen LogP contribution in [0.5, 0.6) is 11.5 Å². The summed E-state index contributed by atoms with van der Waals surface area (Å²) in [6.45, 7) is 0.644. The second-order valence-electron chi connectivity index (χ2n) is 7.27. The Labute approximate surface area is 196 Å². The number of methoxy groups -OCH3 is 2. The number of halogens is 4. The summed E-state index contributed by atoms with van der Waals surface area (Å²) < 4.78 is 53.4. The molecule has 0 aliphatic heterocycles. The van der Waals surface area contributed by atoms with E-state index in [0.29, 0.717) is 24.6 Å². The first kappa shape index (κ1) is 22.9. The predicted molar refractivity (Wildman–Crippen MR) is 122 cm³/mol. The van der Waals surface area contributed by atoms with Crippen molar-refractivity contribution in [3.63, 3.8) is 0 Å². The molecule has 0 unspecified atom stereocenters. The van der Waals surface area contributed by atoms with Crippen molar-refractivity contribution in [2.75, 3.05) is 19.1 Å². The Hall–Kier alpha value is -3.27. The minimum atomic E-state index is -4.57. The summed E-state index contributed by atoms with van der Waals surface area (Å²) in [7, 11) is 3.15. The molecule has 0 fully saturated rings. The molecule has 4 rings (SSSR count). The lowest BCUT2D eigenvalue weighted by molar-refractivity contribution is -0.136. The van der Waals surface area contributed by atoms with Crippen molar-refractivity contribution in [2.24, 2.45) is 0 Å². The third-order valence-electron chi connectivity index (χ3n) is 5.16. The van der Waals surface area contributed by atoms with Crippen molar-refractivity contribution in [3.05, 3.63) is 82.2 Å². The number of hydrogen-bond acceptors (Lipinski definition) is 5. The lowest BCUT2D eigenvalue weighted by Crippen LogP contribution is -2.25. The van der Waals surface area contributed by atoms with Gasteiger partial charge in [0, 0.05) is 13.1 Å². The van der Waals surface area contributed by atoms with Crippen LogP contribution in [0.1, 0.15) is 16.7 Å². The highest BCUT2D eigenvalue weighted by atomic mass is 79.9. The van der Waals surface area contributed by atoms with Crippen molar-refractivity contribution in [2.45, 2.75) is 19.3 Å². The highest BCUT2D eigenvalue weighted by Gasteiger charge is 2.37. The minimum Gasteiger partial charge on any atom is -0.497 e. The van der Waals surface area contributed by atoms with Gasteiger partial charge in [0.25, 0.3) is 0 Å². The summed E-state index contributed by atoms with van der Waals surface area (Å²) in [5.74, 6) is 1.56. The van der Waals surface area contributed by atoms with Crippen LogP contribution < -0.4 is 14.4 Å². The van der Waals surface area contributed by atoms with Crippen LogP contribution in [0.25, 0.3) is 5.52 Å². The molecule has 0 N–H and O–H groups in total. The van der Waals surface area contributed by atoms with Gasteiger partial charge in [-0.1, -0.05) is 24.3 Å². The molecule has 33 heavy (non-hydrogen) atoms. The van der Waals surface area contributed by atoms with Gasteiger partial charge >= 0.3 is 6.18 Å². The fraction of sp³-hybridized carbons (Fsp3) is 0.217. The number of hydrogen-bond donors (Lipinski definition) is 0. The lowest BCUT2D eigenvalue weighted by Gasteiger charge is -2.25. The van der Waals surface area contributed by atoms with Gasteiger partial charge in [-0.2, -0.15) is 18.3 Å². The van der Waals surface area contributed by atoms with Crippen LogP contribution >= 0.6 is 15.9 Å². The van der Waals surface area contributed by atoms with E-state index in [1.165, 1.54) is 10.8 Å². The molecule has 0 saturated carbocycles. The Kier molecular flexibility index (Phi) is 6.46. The fourth-order valence-corrected chi connectivity index (χ4v) is 4.04. The van der Waals surface area contributed by atoms with E-state index in [1.54, 1.807) is 19.1 Å². The predicted octanol–water partition coefficient (Wildman–Crippen LogP) is 5.73. The number of anilines is 1. The third kappa shape index (κ3) is 4.90. The van der Waals surface area contributed by atoms with Crippen LogP contribution in [0, 0.1) is 0 Å². The molecular formula is C23H20BrF3N4O2. The van der Waals surface area contributed by atoms with Gasteiger partial charge < -0.3 is 14.4 Å². The number of aromatic nitrogens is 3. The molecule has 0 atom stereocenters. The Morgan fingerprint density at radius 2 is 1.42 bits per heavy atom. The maximum Gasteiger partial charge on any atom is 0.418 e. The number of alkyl halides is 3. The summed E-state index contributed by atoms with van der Waals surface area (Å²) >= 11 is 3.19. The van der Waals surface area contributed by atoms with Crippen LogP contribution in [0.15, 0.2) is 65.5 Å². The van der Waals surface area contributed by atoms with E-state index in [4.69, 9.17) is 9.47 Å². The number of ether oxygens (including phenoxy) is 2. The average Bonchev–Trinajstić information content (AvgIpc) is 3.17. The summed E-state index contributed by atoms with van der Waals surface area (Å²) in [4.78, 5) is 6.07. The van der Waals surface area contributed by atoms with Crippen LogP contribution in [0.4, 0.5) is 19.0 Å². The van der Waals surface area contributed by atoms with Gasteiger partial charge in [-0.3, -0.25) is 0 Å². The van der Waals surface area contributed by atoms with E-state index in [1.807, 2.05) is 48.5 Å². The molecule has 2 aromatic heterocycles. The monoisotopic (exact) mass is 520 g/mol. The number of benzene rings is 2. The molecule has 4 aromatic rings. The molecule has 0 spiro atoms. The van der Waals surface area contributed by atoms with E-state index in [-0.39, 0.29) is 15.9 Å². The second kappa shape index (κ2) is 9.30. The van der Waals surface area contributed by atoms with Crippen molar-refractivity contribution < 1.29 is 22.6 Å². The van der Waals surface area contributed by atoms with Gasteiger partial charge in [-0.15, -0.1) is 0 Å². The fourth-order valence-electron chi connectivity index (χ4n) is 3.55. The van der Waals surface area contributed by atoms with Crippen molar-refractivity contribution in [1.82, 2.24) is 14.6 Å². The third-order valence-corrected chi connectivity index (χ3v) is 5.73. The molecule has 6 nitrogen and oxygen atoms in total. The highest BCUT2D eigenvalue weighted by molar-refractivity contribution is 9.10. The van der Waals surface area contributed by atoms with E-state index in [9.17, 15) is 13.2 Å². The van der Waals surface area contributed by atoms with Crippen LogP contribution in [0.3, 0.4) is 0 Å². The van der Waals surface area contributed by atoms with Gasteiger partial charge in [-0.05, 0) is 57.4 Å². The molecule has 0 bridgehead atoms. The summed E-state index contributed by atoms with van der Waals surface area (Å²) in [6.07, 6.45) is -3.31. The first-order valence-electron chi connectivity index (χ1n) is 9.90. The number of rotatable bonds is 7. The van der Waals surface area contributed by atoms with Gasteiger partial charge in [0.1, 0.15) is 27.9 Å². The molecule has 172 valence electrons. The SMILES string of the molecule is COc1ccc(CN(Cc2ccc(OC)cc2)c2ncnn3c(Br)cc(C(F)(F)F)c23)cc1. The van der Waals surface area contributed by atoms with Gasteiger partial charge in [0.15, 0.2) is 5.82 Å². The first-order chi connectivity index (χ1) is 15.8. The van der Waals surface area contributed by atoms with E-state index in [2.05, 4.69) is 26.0 Å². The van der Waals surface area contributed by atoms with E-state index >= 15 is 0 Å². The highest BCUT2D eigenvalue weighted by Crippen LogP contribution is 2.39. The average molecular weight is 521 g/mol. The molecule has 2 aromatic carbocycles.